The average Bonchev–Trinajstić information content (AvgIpc) is 3.32. The molecule has 10 aromatic carbocycles. The molecule has 0 spiro atoms. The third kappa shape index (κ3) is 9.17. The van der Waals surface area contributed by atoms with Gasteiger partial charge in [0.15, 0.2) is 0 Å². The molecule has 0 saturated heterocycles. The molecule has 298 valence electrons. The number of anilines is 3. The van der Waals surface area contributed by atoms with Crippen LogP contribution in [0.1, 0.15) is 45.7 Å². The Morgan fingerprint density at radius 2 is 0.883 bits per heavy atom. The van der Waals surface area contributed by atoms with E-state index < -0.39 is 0 Å². The van der Waals surface area contributed by atoms with Crippen molar-refractivity contribution >= 4 is 70.9 Å². The normalized spacial score (nSPS) is 10.6. The minimum Gasteiger partial charge on any atom is -0.310 e. The van der Waals surface area contributed by atoms with E-state index in [1.165, 1.54) is 76.1 Å². The van der Waals surface area contributed by atoms with Crippen molar-refractivity contribution in [1.29, 1.82) is 0 Å². The van der Waals surface area contributed by atoms with Gasteiger partial charge in [-0.25, -0.2) is 0 Å². The Bertz CT molecular complexity index is 2890. The van der Waals surface area contributed by atoms with Crippen molar-refractivity contribution in [2.24, 2.45) is 0 Å². The summed E-state index contributed by atoms with van der Waals surface area (Å²) in [6.45, 7) is 17.7. The molecule has 0 atom stereocenters. The largest absolute Gasteiger partial charge is 0.310 e. The molecule has 0 aliphatic rings. The van der Waals surface area contributed by atoms with Gasteiger partial charge < -0.3 is 4.90 Å². The quantitative estimate of drug-likeness (QED) is 0.0955. The molecule has 0 fully saturated rings. The Kier molecular flexibility index (Phi) is 14.7. The number of nitrogens with zero attached hydrogens (tertiary/aromatic N) is 1. The summed E-state index contributed by atoms with van der Waals surface area (Å²) in [6.07, 6.45) is 5.58. The van der Waals surface area contributed by atoms with Crippen LogP contribution >= 0.6 is 0 Å². The molecule has 1 nitrogen and oxygen atoms in total. The lowest BCUT2D eigenvalue weighted by molar-refractivity contribution is 1.28. The highest BCUT2D eigenvalue weighted by Crippen LogP contribution is 2.41. The smallest absolute Gasteiger partial charge is 0.0468 e. The first-order chi connectivity index (χ1) is 29.5. The van der Waals surface area contributed by atoms with E-state index in [1.807, 2.05) is 46.8 Å². The van der Waals surface area contributed by atoms with E-state index in [4.69, 9.17) is 0 Å². The standard InChI is InChI=1S/C29H23N.C21H14.C5H8.2C2H6/c1-22-11-16-27(17-12-22)30(29-20-15-24-9-5-6-10-26(24)21-29)28-18-13-25(14-19-28)23-7-3-2-4-8-23;1-13-11-12-19-17-9-3-6-14-5-2-8-16(20(14)17)18-10-4-7-15(13)21(18)19;1-3-5-4-2;2*1-2/h2-21H,1H3;2-12H,1H3;3-5H,1H2,2H3;2*1-2H3/b;;5-4-;;. The zero-order valence-corrected chi connectivity index (χ0v) is 36.3. The second-order valence-electron chi connectivity index (χ2n) is 14.2. The Morgan fingerprint density at radius 3 is 1.48 bits per heavy atom. The lowest BCUT2D eigenvalue weighted by atomic mass is 9.89. The highest BCUT2D eigenvalue weighted by Gasteiger charge is 2.14. The van der Waals surface area contributed by atoms with Crippen LogP contribution in [0.25, 0.3) is 65.0 Å². The number of hydrogen-bond donors (Lipinski definition) is 0. The van der Waals surface area contributed by atoms with Gasteiger partial charge in [0.05, 0.1) is 0 Å². The van der Waals surface area contributed by atoms with Gasteiger partial charge in [-0.3, -0.25) is 0 Å². The van der Waals surface area contributed by atoms with E-state index in [0.29, 0.717) is 0 Å². The number of benzene rings is 10. The van der Waals surface area contributed by atoms with Crippen LogP contribution in [-0.2, 0) is 0 Å². The minimum atomic E-state index is 1.15. The van der Waals surface area contributed by atoms with E-state index in [2.05, 4.69) is 213 Å². The minimum absolute atomic E-state index is 1.15. The average molecular weight is 780 g/mol. The summed E-state index contributed by atoms with van der Waals surface area (Å²) in [6, 6.07) is 67.7. The van der Waals surface area contributed by atoms with Gasteiger partial charge in [0.2, 0.25) is 0 Å². The molecule has 0 saturated carbocycles. The number of hydrogen-bond acceptors (Lipinski definition) is 1. The van der Waals surface area contributed by atoms with E-state index in [0.717, 1.165) is 17.1 Å². The van der Waals surface area contributed by atoms with Crippen molar-refractivity contribution in [2.75, 3.05) is 4.90 Å². The van der Waals surface area contributed by atoms with E-state index in [9.17, 15) is 0 Å². The molecule has 60 heavy (non-hydrogen) atoms. The maximum Gasteiger partial charge on any atom is 0.0468 e. The highest BCUT2D eigenvalue weighted by molar-refractivity contribution is 6.33. The molecule has 0 amide bonds. The van der Waals surface area contributed by atoms with Crippen LogP contribution in [0, 0.1) is 13.8 Å². The maximum absolute atomic E-state index is 3.46. The molecule has 0 radical (unpaired) electrons. The van der Waals surface area contributed by atoms with Crippen LogP contribution in [0.4, 0.5) is 17.1 Å². The highest BCUT2D eigenvalue weighted by atomic mass is 15.1. The molecule has 10 aromatic rings. The van der Waals surface area contributed by atoms with Crippen LogP contribution < -0.4 is 4.90 Å². The summed E-state index contributed by atoms with van der Waals surface area (Å²) >= 11 is 0. The lowest BCUT2D eigenvalue weighted by Crippen LogP contribution is -2.09. The summed E-state index contributed by atoms with van der Waals surface area (Å²) in [4.78, 5) is 2.32. The van der Waals surface area contributed by atoms with Gasteiger partial charge in [0, 0.05) is 17.1 Å². The second-order valence-corrected chi connectivity index (χ2v) is 14.2. The topological polar surface area (TPSA) is 3.24 Å². The molecule has 0 unspecified atom stereocenters. The van der Waals surface area contributed by atoms with Gasteiger partial charge in [-0.15, -0.1) is 0 Å². The monoisotopic (exact) mass is 779 g/mol. The molecular formula is C59H57N. The summed E-state index contributed by atoms with van der Waals surface area (Å²) < 4.78 is 0. The van der Waals surface area contributed by atoms with Crippen LogP contribution in [0.5, 0.6) is 0 Å². The molecule has 0 heterocycles. The van der Waals surface area contributed by atoms with Crippen molar-refractivity contribution in [2.45, 2.75) is 48.5 Å². The predicted octanol–water partition coefficient (Wildman–Crippen LogP) is 18.1. The van der Waals surface area contributed by atoms with Crippen LogP contribution in [0.2, 0.25) is 0 Å². The van der Waals surface area contributed by atoms with Crippen LogP contribution in [-0.4, -0.2) is 0 Å². The van der Waals surface area contributed by atoms with Crippen molar-refractivity contribution in [3.63, 3.8) is 0 Å². The van der Waals surface area contributed by atoms with E-state index in [-0.39, 0.29) is 0 Å². The number of allylic oxidation sites excluding steroid dienone is 3. The van der Waals surface area contributed by atoms with Gasteiger partial charge in [-0.2, -0.15) is 0 Å². The molecule has 0 bridgehead atoms. The predicted molar refractivity (Wildman–Crippen MR) is 269 cm³/mol. The van der Waals surface area contributed by atoms with E-state index >= 15 is 0 Å². The van der Waals surface area contributed by atoms with Crippen molar-refractivity contribution < 1.29 is 0 Å². The van der Waals surface area contributed by atoms with Gasteiger partial charge >= 0.3 is 0 Å². The van der Waals surface area contributed by atoms with Crippen LogP contribution in [0.15, 0.2) is 213 Å². The van der Waals surface area contributed by atoms with Crippen molar-refractivity contribution in [1.82, 2.24) is 0 Å². The fourth-order valence-electron chi connectivity index (χ4n) is 7.82. The Labute approximate surface area is 357 Å². The summed E-state index contributed by atoms with van der Waals surface area (Å²) in [5.74, 6) is 0. The van der Waals surface area contributed by atoms with Crippen LogP contribution in [0.3, 0.4) is 0 Å². The summed E-state index contributed by atoms with van der Waals surface area (Å²) in [5, 5.41) is 13.5. The van der Waals surface area contributed by atoms with Crippen molar-refractivity contribution in [3.8, 4) is 11.1 Å². The molecule has 10 rings (SSSR count). The third-order valence-corrected chi connectivity index (χ3v) is 10.6. The molecular weight excluding hydrogens is 723 g/mol. The summed E-state index contributed by atoms with van der Waals surface area (Å²) in [7, 11) is 0. The zero-order valence-electron chi connectivity index (χ0n) is 36.3. The zero-order chi connectivity index (χ0) is 42.4. The first-order valence-electron chi connectivity index (χ1n) is 21.3. The molecule has 0 N–H and O–H groups in total. The molecule has 0 aliphatic carbocycles. The lowest BCUT2D eigenvalue weighted by Gasteiger charge is -2.26. The maximum atomic E-state index is 3.46. The van der Waals surface area contributed by atoms with Crippen molar-refractivity contribution in [3.05, 3.63) is 224 Å². The Morgan fingerprint density at radius 1 is 0.400 bits per heavy atom. The third-order valence-electron chi connectivity index (χ3n) is 10.6. The van der Waals surface area contributed by atoms with Gasteiger partial charge in [0.25, 0.3) is 0 Å². The Hall–Kier alpha value is -6.96. The van der Waals surface area contributed by atoms with Gasteiger partial charge in [-0.1, -0.05) is 210 Å². The van der Waals surface area contributed by atoms with E-state index in [1.54, 1.807) is 6.08 Å². The number of aryl methyl sites for hydroxylation is 2. The fraction of sp³-hybridized carbons (Fsp3) is 0.119. The molecule has 1 heteroatoms. The number of rotatable bonds is 5. The Balaban J connectivity index is 0.000000175. The molecule has 0 aromatic heterocycles. The molecule has 0 aliphatic heterocycles. The van der Waals surface area contributed by atoms with Gasteiger partial charge in [0.1, 0.15) is 0 Å². The first-order valence-corrected chi connectivity index (χ1v) is 21.3. The summed E-state index contributed by atoms with van der Waals surface area (Å²) in [5.41, 5.74) is 8.53. The SMILES string of the molecule is C=C/C=C\C.CC.CC.Cc1ccc(N(c2ccc(-c3ccccc3)cc2)c2ccc3ccccc3c2)cc1.Cc1ccc2c3cccc4cccc(c5cccc1c52)c43. The number of fused-ring (bicyclic) bond motifs is 3. The van der Waals surface area contributed by atoms with Gasteiger partial charge in [-0.05, 0) is 128 Å². The fourth-order valence-corrected chi connectivity index (χ4v) is 7.82. The first kappa shape index (κ1) is 42.6. The second kappa shape index (κ2) is 20.6.